The highest BCUT2D eigenvalue weighted by Crippen LogP contribution is 2.21. The molecule has 2 atom stereocenters. The van der Waals surface area contributed by atoms with Crippen molar-refractivity contribution in [3.63, 3.8) is 0 Å². The first-order valence-corrected chi connectivity index (χ1v) is 5.55. The van der Waals surface area contributed by atoms with Crippen LogP contribution in [0.5, 0.6) is 0 Å². The Labute approximate surface area is 97.9 Å². The van der Waals surface area contributed by atoms with Gasteiger partial charge in [-0.05, 0) is 6.92 Å². The quantitative estimate of drug-likeness (QED) is 0.781. The second-order valence-electron chi connectivity index (χ2n) is 4.19. The van der Waals surface area contributed by atoms with Crippen molar-refractivity contribution in [2.75, 3.05) is 19.7 Å². The molecule has 1 heterocycles. The molecule has 1 amide bonds. The van der Waals surface area contributed by atoms with Crippen molar-refractivity contribution in [1.29, 1.82) is 0 Å². The van der Waals surface area contributed by atoms with Crippen LogP contribution in [-0.2, 0) is 9.53 Å². The predicted octanol–water partition coefficient (Wildman–Crippen LogP) is 0.822. The lowest BCUT2D eigenvalue weighted by molar-refractivity contribution is -0.141. The van der Waals surface area contributed by atoms with Crippen LogP contribution in [0.15, 0.2) is 0 Å². The van der Waals surface area contributed by atoms with E-state index >= 15 is 0 Å². The van der Waals surface area contributed by atoms with Crippen molar-refractivity contribution in [3.8, 4) is 0 Å². The van der Waals surface area contributed by atoms with Crippen LogP contribution in [-0.4, -0.2) is 43.9 Å². The number of morpholine rings is 1. The van der Waals surface area contributed by atoms with Crippen molar-refractivity contribution < 1.29 is 22.7 Å². The predicted molar refractivity (Wildman–Crippen MR) is 55.5 cm³/mol. The summed E-state index contributed by atoms with van der Waals surface area (Å²) >= 11 is 0. The van der Waals surface area contributed by atoms with Gasteiger partial charge in [-0.1, -0.05) is 0 Å². The van der Waals surface area contributed by atoms with Crippen LogP contribution < -0.4 is 10.6 Å². The molecule has 17 heavy (non-hydrogen) atoms. The third-order valence-corrected chi connectivity index (χ3v) is 2.36. The first kappa shape index (κ1) is 14.2. The third-order valence-electron chi connectivity index (χ3n) is 2.36. The third kappa shape index (κ3) is 6.48. The van der Waals surface area contributed by atoms with Gasteiger partial charge in [0.25, 0.3) is 0 Å². The lowest BCUT2D eigenvalue weighted by Crippen LogP contribution is -2.43. The Morgan fingerprint density at radius 2 is 2.29 bits per heavy atom. The van der Waals surface area contributed by atoms with Crippen molar-refractivity contribution in [2.24, 2.45) is 0 Å². The molecule has 1 rings (SSSR count). The Kier molecular flexibility index (Phi) is 5.20. The minimum absolute atomic E-state index is 0.0925. The van der Waals surface area contributed by atoms with Gasteiger partial charge >= 0.3 is 6.18 Å². The number of hydrogen-bond acceptors (Lipinski definition) is 3. The van der Waals surface area contributed by atoms with Crippen LogP contribution in [0, 0.1) is 0 Å². The molecule has 2 N–H and O–H groups in total. The monoisotopic (exact) mass is 254 g/mol. The van der Waals surface area contributed by atoms with E-state index in [4.69, 9.17) is 4.74 Å². The van der Waals surface area contributed by atoms with Gasteiger partial charge in [0.15, 0.2) is 0 Å². The van der Waals surface area contributed by atoms with Gasteiger partial charge in [-0.2, -0.15) is 13.2 Å². The molecule has 7 heteroatoms. The standard InChI is InChI=1S/C10H17F3N2O2/c1-7(5-10(11,12)13)15-9(16)4-8-6-14-2-3-17-8/h7-8,14H,2-6H2,1H3,(H,15,16). The minimum Gasteiger partial charge on any atom is -0.375 e. The Hall–Kier alpha value is -0.820. The number of hydrogen-bond donors (Lipinski definition) is 2. The van der Waals surface area contributed by atoms with E-state index in [0.29, 0.717) is 13.2 Å². The molecule has 0 aromatic rings. The van der Waals surface area contributed by atoms with Gasteiger partial charge in [-0.15, -0.1) is 0 Å². The zero-order chi connectivity index (χ0) is 12.9. The minimum atomic E-state index is -4.25. The first-order valence-electron chi connectivity index (χ1n) is 5.55. The van der Waals surface area contributed by atoms with E-state index in [1.54, 1.807) is 0 Å². The molecule has 4 nitrogen and oxygen atoms in total. The van der Waals surface area contributed by atoms with Gasteiger partial charge in [-0.25, -0.2) is 0 Å². The average Bonchev–Trinajstić information content (AvgIpc) is 2.15. The van der Waals surface area contributed by atoms with E-state index in [-0.39, 0.29) is 12.5 Å². The van der Waals surface area contributed by atoms with Crippen LogP contribution in [0.25, 0.3) is 0 Å². The number of nitrogens with one attached hydrogen (secondary N) is 2. The highest BCUT2D eigenvalue weighted by molar-refractivity contribution is 5.76. The molecular weight excluding hydrogens is 237 g/mol. The van der Waals surface area contributed by atoms with Crippen molar-refractivity contribution >= 4 is 5.91 Å². The summed E-state index contributed by atoms with van der Waals surface area (Å²) in [6, 6.07) is -0.904. The molecule has 2 unspecified atom stereocenters. The molecular formula is C10H17F3N2O2. The van der Waals surface area contributed by atoms with Crippen LogP contribution in [0.1, 0.15) is 19.8 Å². The summed E-state index contributed by atoms with van der Waals surface area (Å²) in [6.07, 6.45) is -5.42. The van der Waals surface area contributed by atoms with Gasteiger partial charge in [0.1, 0.15) is 0 Å². The number of alkyl halides is 3. The highest BCUT2D eigenvalue weighted by atomic mass is 19.4. The largest absolute Gasteiger partial charge is 0.391 e. The molecule has 1 saturated heterocycles. The van der Waals surface area contributed by atoms with Crippen molar-refractivity contribution in [2.45, 2.75) is 38.1 Å². The number of carbonyl (C=O) groups is 1. The first-order chi connectivity index (χ1) is 7.87. The summed E-state index contributed by atoms with van der Waals surface area (Å²) in [7, 11) is 0. The highest BCUT2D eigenvalue weighted by Gasteiger charge is 2.30. The van der Waals surface area contributed by atoms with Crippen LogP contribution in [0.2, 0.25) is 0 Å². The summed E-state index contributed by atoms with van der Waals surface area (Å²) in [4.78, 5) is 11.4. The maximum Gasteiger partial charge on any atom is 0.391 e. The Balaban J connectivity index is 2.23. The van der Waals surface area contributed by atoms with Gasteiger partial charge in [0.2, 0.25) is 5.91 Å². The fourth-order valence-corrected chi connectivity index (χ4v) is 1.69. The fraction of sp³-hybridized carbons (Fsp3) is 0.900. The van der Waals surface area contributed by atoms with Gasteiger partial charge in [0, 0.05) is 19.1 Å². The number of rotatable bonds is 4. The van der Waals surface area contributed by atoms with Gasteiger partial charge < -0.3 is 15.4 Å². The molecule has 0 radical (unpaired) electrons. The Morgan fingerprint density at radius 3 is 2.82 bits per heavy atom. The molecule has 0 aliphatic carbocycles. The number of carbonyl (C=O) groups excluding carboxylic acids is 1. The lowest BCUT2D eigenvalue weighted by atomic mass is 10.2. The molecule has 1 aliphatic rings. The molecule has 0 aromatic heterocycles. The Bertz CT molecular complexity index is 252. The van der Waals surface area contributed by atoms with Crippen LogP contribution >= 0.6 is 0 Å². The van der Waals surface area contributed by atoms with Crippen molar-refractivity contribution in [3.05, 3.63) is 0 Å². The van der Waals surface area contributed by atoms with Crippen LogP contribution in [0.3, 0.4) is 0 Å². The molecule has 1 aliphatic heterocycles. The number of halogens is 3. The number of ether oxygens (including phenoxy) is 1. The topological polar surface area (TPSA) is 50.4 Å². The van der Waals surface area contributed by atoms with E-state index in [2.05, 4.69) is 10.6 Å². The smallest absolute Gasteiger partial charge is 0.375 e. The molecule has 100 valence electrons. The van der Waals surface area contributed by atoms with E-state index in [9.17, 15) is 18.0 Å². The normalized spacial score (nSPS) is 23.2. The summed E-state index contributed by atoms with van der Waals surface area (Å²) in [5, 5.41) is 5.36. The number of amides is 1. The van der Waals surface area contributed by atoms with E-state index in [1.165, 1.54) is 6.92 Å². The van der Waals surface area contributed by atoms with Crippen LogP contribution in [0.4, 0.5) is 13.2 Å². The van der Waals surface area contributed by atoms with Crippen molar-refractivity contribution in [1.82, 2.24) is 10.6 Å². The summed E-state index contributed by atoms with van der Waals surface area (Å²) in [6.45, 7) is 3.16. The maximum absolute atomic E-state index is 12.0. The SMILES string of the molecule is CC(CC(F)(F)F)NC(=O)CC1CNCCO1. The Morgan fingerprint density at radius 1 is 1.59 bits per heavy atom. The molecule has 0 spiro atoms. The molecule has 0 saturated carbocycles. The average molecular weight is 254 g/mol. The molecule has 0 aromatic carbocycles. The zero-order valence-electron chi connectivity index (χ0n) is 9.64. The van der Waals surface area contributed by atoms with E-state index in [0.717, 1.165) is 6.54 Å². The lowest BCUT2D eigenvalue weighted by Gasteiger charge is -2.24. The second kappa shape index (κ2) is 6.20. The zero-order valence-corrected chi connectivity index (χ0v) is 9.64. The molecule has 0 bridgehead atoms. The van der Waals surface area contributed by atoms with Gasteiger partial charge in [0.05, 0.1) is 25.6 Å². The summed E-state index contributed by atoms with van der Waals surface area (Å²) < 4.78 is 41.4. The maximum atomic E-state index is 12.0. The second-order valence-corrected chi connectivity index (χ2v) is 4.19. The fourth-order valence-electron chi connectivity index (χ4n) is 1.69. The van der Waals surface area contributed by atoms with E-state index < -0.39 is 24.5 Å². The summed E-state index contributed by atoms with van der Waals surface area (Å²) in [5.74, 6) is -0.407. The molecule has 1 fully saturated rings. The summed E-state index contributed by atoms with van der Waals surface area (Å²) in [5.41, 5.74) is 0. The van der Waals surface area contributed by atoms with E-state index in [1.807, 2.05) is 0 Å². The van der Waals surface area contributed by atoms with Gasteiger partial charge in [-0.3, -0.25) is 4.79 Å².